The fourth-order valence-electron chi connectivity index (χ4n) is 2.77. The van der Waals surface area contributed by atoms with Crippen LogP contribution in [0.1, 0.15) is 18.1 Å². The number of halogens is 1. The van der Waals surface area contributed by atoms with Gasteiger partial charge < -0.3 is 11.1 Å². The summed E-state index contributed by atoms with van der Waals surface area (Å²) >= 11 is 0. The standard InChI is InChI=1S/C15H24FN3/c1-12-9-13(3-4-14(12)16)10-15(2,11-17)19-7-5-18-6-8-19/h3-4,9,18H,5-8,10-11,17H2,1-2H3. The van der Waals surface area contributed by atoms with Gasteiger partial charge in [-0.15, -0.1) is 0 Å². The molecule has 1 atom stereocenters. The van der Waals surface area contributed by atoms with Crippen molar-refractivity contribution in [3.8, 4) is 0 Å². The van der Waals surface area contributed by atoms with Crippen LogP contribution in [0.3, 0.4) is 0 Å². The Morgan fingerprint density at radius 1 is 1.37 bits per heavy atom. The normalized spacial score (nSPS) is 20.2. The van der Waals surface area contributed by atoms with Crippen molar-refractivity contribution in [3.05, 3.63) is 35.1 Å². The molecule has 1 aliphatic heterocycles. The van der Waals surface area contributed by atoms with Crippen molar-refractivity contribution < 1.29 is 4.39 Å². The maximum absolute atomic E-state index is 13.3. The molecule has 0 bridgehead atoms. The van der Waals surface area contributed by atoms with Gasteiger partial charge in [-0.2, -0.15) is 0 Å². The van der Waals surface area contributed by atoms with Gasteiger partial charge in [-0.1, -0.05) is 12.1 Å². The van der Waals surface area contributed by atoms with Crippen LogP contribution in [0.25, 0.3) is 0 Å². The minimum absolute atomic E-state index is 0.0492. The lowest BCUT2D eigenvalue weighted by Crippen LogP contribution is -2.59. The van der Waals surface area contributed by atoms with Crippen LogP contribution in [-0.2, 0) is 6.42 Å². The van der Waals surface area contributed by atoms with Crippen molar-refractivity contribution in [2.24, 2.45) is 5.73 Å². The smallest absolute Gasteiger partial charge is 0.126 e. The number of aryl methyl sites for hydroxylation is 1. The zero-order valence-corrected chi connectivity index (χ0v) is 11.9. The number of piperazine rings is 1. The van der Waals surface area contributed by atoms with Gasteiger partial charge in [0.2, 0.25) is 0 Å². The third-order valence-corrected chi connectivity index (χ3v) is 4.13. The van der Waals surface area contributed by atoms with Gasteiger partial charge in [-0.25, -0.2) is 4.39 Å². The summed E-state index contributed by atoms with van der Waals surface area (Å²) in [4.78, 5) is 2.45. The molecule has 0 radical (unpaired) electrons. The molecule has 4 heteroatoms. The molecule has 1 saturated heterocycles. The molecular weight excluding hydrogens is 241 g/mol. The summed E-state index contributed by atoms with van der Waals surface area (Å²) in [6, 6.07) is 5.36. The topological polar surface area (TPSA) is 41.3 Å². The van der Waals surface area contributed by atoms with Crippen molar-refractivity contribution >= 4 is 0 Å². The van der Waals surface area contributed by atoms with Crippen molar-refractivity contribution in [1.82, 2.24) is 10.2 Å². The second-order valence-electron chi connectivity index (χ2n) is 5.70. The maximum Gasteiger partial charge on any atom is 0.126 e. The highest BCUT2D eigenvalue weighted by atomic mass is 19.1. The van der Waals surface area contributed by atoms with Gasteiger partial charge in [0, 0.05) is 38.3 Å². The Balaban J connectivity index is 2.14. The molecular formula is C15H24FN3. The molecule has 1 aromatic rings. The second kappa shape index (κ2) is 5.99. The molecule has 0 amide bonds. The summed E-state index contributed by atoms with van der Waals surface area (Å²) in [7, 11) is 0. The number of nitrogens with zero attached hydrogens (tertiary/aromatic N) is 1. The van der Waals surface area contributed by atoms with Crippen LogP contribution < -0.4 is 11.1 Å². The summed E-state index contributed by atoms with van der Waals surface area (Å²) in [5, 5.41) is 3.36. The van der Waals surface area contributed by atoms with Crippen LogP contribution in [0.2, 0.25) is 0 Å². The molecule has 2 rings (SSSR count). The Bertz CT molecular complexity index is 429. The van der Waals surface area contributed by atoms with Crippen LogP contribution in [0, 0.1) is 12.7 Å². The lowest BCUT2D eigenvalue weighted by molar-refractivity contribution is 0.0946. The van der Waals surface area contributed by atoms with Gasteiger partial charge in [0.15, 0.2) is 0 Å². The predicted molar refractivity (Wildman–Crippen MR) is 76.7 cm³/mol. The van der Waals surface area contributed by atoms with Crippen molar-refractivity contribution in [1.29, 1.82) is 0 Å². The maximum atomic E-state index is 13.3. The molecule has 3 N–H and O–H groups in total. The molecule has 0 saturated carbocycles. The molecule has 1 fully saturated rings. The Hall–Kier alpha value is -0.970. The highest BCUT2D eigenvalue weighted by Crippen LogP contribution is 2.22. The van der Waals surface area contributed by atoms with Gasteiger partial charge in [0.1, 0.15) is 5.82 Å². The van der Waals surface area contributed by atoms with E-state index in [1.54, 1.807) is 6.07 Å². The van der Waals surface area contributed by atoms with E-state index in [4.69, 9.17) is 5.73 Å². The van der Waals surface area contributed by atoms with E-state index >= 15 is 0 Å². The minimum atomic E-state index is -0.139. The Kier molecular flexibility index (Phi) is 4.55. The average Bonchev–Trinajstić information content (AvgIpc) is 2.44. The summed E-state index contributed by atoms with van der Waals surface area (Å²) in [5.41, 5.74) is 7.83. The van der Waals surface area contributed by atoms with E-state index in [1.165, 1.54) is 0 Å². The van der Waals surface area contributed by atoms with Crippen LogP contribution in [-0.4, -0.2) is 43.2 Å². The SMILES string of the molecule is Cc1cc(CC(C)(CN)N2CCNCC2)ccc1F. The number of nitrogens with two attached hydrogens (primary N) is 1. The number of rotatable bonds is 4. The number of hydrogen-bond donors (Lipinski definition) is 2. The average molecular weight is 265 g/mol. The van der Waals surface area contributed by atoms with Gasteiger partial charge in [-0.05, 0) is 37.5 Å². The van der Waals surface area contributed by atoms with Gasteiger partial charge in [-0.3, -0.25) is 4.90 Å². The first-order valence-electron chi connectivity index (χ1n) is 6.96. The highest BCUT2D eigenvalue weighted by Gasteiger charge is 2.31. The van der Waals surface area contributed by atoms with Gasteiger partial charge in [0.05, 0.1) is 0 Å². The molecule has 1 aliphatic rings. The number of hydrogen-bond acceptors (Lipinski definition) is 3. The molecule has 106 valence electrons. The fraction of sp³-hybridized carbons (Fsp3) is 0.600. The first-order chi connectivity index (χ1) is 9.05. The molecule has 1 unspecified atom stereocenters. The van der Waals surface area contributed by atoms with E-state index in [-0.39, 0.29) is 11.4 Å². The first-order valence-corrected chi connectivity index (χ1v) is 6.96. The molecule has 3 nitrogen and oxygen atoms in total. The van der Waals surface area contributed by atoms with Gasteiger partial charge in [0.25, 0.3) is 0 Å². The second-order valence-corrected chi connectivity index (χ2v) is 5.70. The third-order valence-electron chi connectivity index (χ3n) is 4.13. The van der Waals surface area contributed by atoms with E-state index < -0.39 is 0 Å². The molecule has 0 aromatic heterocycles. The summed E-state index contributed by atoms with van der Waals surface area (Å²) in [6.07, 6.45) is 0.866. The molecule has 0 aliphatic carbocycles. The molecule has 1 aromatic carbocycles. The van der Waals surface area contributed by atoms with Crippen molar-refractivity contribution in [3.63, 3.8) is 0 Å². The summed E-state index contributed by atoms with van der Waals surface area (Å²) in [6.45, 7) is 8.70. The predicted octanol–water partition coefficient (Wildman–Crippen LogP) is 1.30. The monoisotopic (exact) mass is 265 g/mol. The van der Waals surface area contributed by atoms with Crippen LogP contribution in [0.15, 0.2) is 18.2 Å². The van der Waals surface area contributed by atoms with E-state index in [0.29, 0.717) is 12.1 Å². The quantitative estimate of drug-likeness (QED) is 0.862. The van der Waals surface area contributed by atoms with E-state index in [1.807, 2.05) is 19.1 Å². The molecule has 1 heterocycles. The number of benzene rings is 1. The highest BCUT2D eigenvalue weighted by molar-refractivity contribution is 5.25. The Morgan fingerprint density at radius 2 is 2.05 bits per heavy atom. The van der Waals surface area contributed by atoms with E-state index in [9.17, 15) is 4.39 Å². The van der Waals surface area contributed by atoms with Crippen LogP contribution >= 0.6 is 0 Å². The molecule has 19 heavy (non-hydrogen) atoms. The Morgan fingerprint density at radius 3 is 2.63 bits per heavy atom. The fourth-order valence-corrected chi connectivity index (χ4v) is 2.77. The Labute approximate surface area is 115 Å². The lowest BCUT2D eigenvalue weighted by atomic mass is 9.89. The summed E-state index contributed by atoms with van der Waals surface area (Å²) in [5.74, 6) is -0.139. The van der Waals surface area contributed by atoms with Crippen molar-refractivity contribution in [2.75, 3.05) is 32.7 Å². The van der Waals surface area contributed by atoms with Crippen molar-refractivity contribution in [2.45, 2.75) is 25.8 Å². The first kappa shape index (κ1) is 14.4. The zero-order chi connectivity index (χ0) is 13.9. The summed E-state index contributed by atoms with van der Waals surface area (Å²) < 4.78 is 13.3. The van der Waals surface area contributed by atoms with E-state index in [0.717, 1.165) is 38.2 Å². The zero-order valence-electron chi connectivity index (χ0n) is 11.9. The molecule has 0 spiro atoms. The van der Waals surface area contributed by atoms with Crippen LogP contribution in [0.4, 0.5) is 4.39 Å². The van der Waals surface area contributed by atoms with E-state index in [2.05, 4.69) is 17.1 Å². The lowest BCUT2D eigenvalue weighted by Gasteiger charge is -2.43. The minimum Gasteiger partial charge on any atom is -0.329 e. The third kappa shape index (κ3) is 3.32. The van der Waals surface area contributed by atoms with Gasteiger partial charge >= 0.3 is 0 Å². The number of nitrogens with one attached hydrogen (secondary N) is 1. The largest absolute Gasteiger partial charge is 0.329 e. The van der Waals surface area contributed by atoms with Crippen LogP contribution in [0.5, 0.6) is 0 Å².